The van der Waals surface area contributed by atoms with Gasteiger partial charge in [0, 0.05) is 36.3 Å². The third-order valence-electron chi connectivity index (χ3n) is 5.29. The van der Waals surface area contributed by atoms with Gasteiger partial charge in [0.2, 0.25) is 11.7 Å². The molecule has 0 aliphatic carbocycles. The third-order valence-corrected chi connectivity index (χ3v) is 5.29. The maximum Gasteiger partial charge on any atom is 0.218 e. The molecule has 0 unspecified atom stereocenters. The van der Waals surface area contributed by atoms with Gasteiger partial charge in [-0.25, -0.2) is 19.5 Å². The molecule has 0 amide bonds. The Kier molecular flexibility index (Phi) is 5.17. The molecule has 0 aliphatic rings. The fraction of sp³-hybridized carbons (Fsp3) is 0.217. The van der Waals surface area contributed by atoms with Gasteiger partial charge in [0.15, 0.2) is 5.82 Å². The topological polar surface area (TPSA) is 108 Å². The smallest absolute Gasteiger partial charge is 0.218 e. The molecule has 5 heterocycles. The van der Waals surface area contributed by atoms with Crippen molar-refractivity contribution in [2.45, 2.75) is 26.8 Å². The lowest BCUT2D eigenvalue weighted by molar-refractivity contribution is 0.397. The zero-order valence-corrected chi connectivity index (χ0v) is 18.8. The first-order chi connectivity index (χ1) is 16.0. The fourth-order valence-electron chi connectivity index (χ4n) is 3.59. The highest BCUT2D eigenvalue weighted by Gasteiger charge is 2.19. The van der Waals surface area contributed by atoms with Crippen LogP contribution in [0.25, 0.3) is 28.3 Å². The molecule has 166 valence electrons. The Labute approximate surface area is 190 Å². The van der Waals surface area contributed by atoms with Crippen molar-refractivity contribution in [1.82, 2.24) is 39.3 Å². The zero-order valence-electron chi connectivity index (χ0n) is 18.8. The van der Waals surface area contributed by atoms with Crippen molar-refractivity contribution in [3.05, 3.63) is 60.8 Å². The molecule has 0 spiro atoms. The molecule has 33 heavy (non-hydrogen) atoms. The van der Waals surface area contributed by atoms with Crippen molar-refractivity contribution in [2.75, 3.05) is 12.4 Å². The van der Waals surface area contributed by atoms with Crippen LogP contribution in [0.5, 0.6) is 5.88 Å². The lowest BCUT2D eigenvalue weighted by atomic mass is 10.1. The van der Waals surface area contributed by atoms with E-state index in [1.807, 2.05) is 52.8 Å². The Bertz CT molecular complexity index is 1420. The molecule has 5 aromatic heterocycles. The normalized spacial score (nSPS) is 11.3. The number of aryl methyl sites for hydroxylation is 1. The van der Waals surface area contributed by atoms with Gasteiger partial charge in [0.05, 0.1) is 12.8 Å². The van der Waals surface area contributed by atoms with Crippen LogP contribution in [-0.2, 0) is 0 Å². The molecule has 5 rings (SSSR count). The number of nitrogens with zero attached hydrogens (tertiary/aromatic N) is 8. The molecular weight excluding hydrogens is 418 g/mol. The first kappa shape index (κ1) is 20.6. The van der Waals surface area contributed by atoms with Crippen LogP contribution in [0.15, 0.2) is 55.2 Å². The predicted octanol–water partition coefficient (Wildman–Crippen LogP) is 4.09. The van der Waals surface area contributed by atoms with Crippen molar-refractivity contribution in [2.24, 2.45) is 0 Å². The molecule has 5 aromatic rings. The predicted molar refractivity (Wildman–Crippen MR) is 124 cm³/mol. The average Bonchev–Trinajstić information content (AvgIpc) is 3.45. The minimum absolute atomic E-state index is 0.275. The first-order valence-corrected chi connectivity index (χ1v) is 10.5. The van der Waals surface area contributed by atoms with Crippen LogP contribution in [0.2, 0.25) is 0 Å². The number of hydrogen-bond acceptors (Lipinski definition) is 8. The van der Waals surface area contributed by atoms with Gasteiger partial charge in [0.1, 0.15) is 23.4 Å². The van der Waals surface area contributed by atoms with Crippen LogP contribution < -0.4 is 10.1 Å². The lowest BCUT2D eigenvalue weighted by Crippen LogP contribution is -2.05. The SMILES string of the molecule is COc1cc(Nc2nc(-c3ccccn3)nn3cc(-c4ccn(C(C)C)n4)c(C)c23)ncn1. The summed E-state index contributed by atoms with van der Waals surface area (Å²) in [5.41, 5.74) is 4.34. The number of ether oxygens (including phenoxy) is 1. The van der Waals surface area contributed by atoms with Crippen LogP contribution in [0.3, 0.4) is 0 Å². The summed E-state index contributed by atoms with van der Waals surface area (Å²) in [7, 11) is 1.56. The summed E-state index contributed by atoms with van der Waals surface area (Å²) in [5.74, 6) is 2.09. The van der Waals surface area contributed by atoms with E-state index in [4.69, 9.17) is 19.9 Å². The summed E-state index contributed by atoms with van der Waals surface area (Å²) in [4.78, 5) is 17.6. The fourth-order valence-corrected chi connectivity index (χ4v) is 3.59. The molecule has 0 bridgehead atoms. The van der Waals surface area contributed by atoms with Crippen molar-refractivity contribution in [3.63, 3.8) is 0 Å². The number of fused-ring (bicyclic) bond motifs is 1. The van der Waals surface area contributed by atoms with Gasteiger partial charge >= 0.3 is 0 Å². The molecule has 0 aliphatic heterocycles. The van der Waals surface area contributed by atoms with Crippen LogP contribution in [-0.4, -0.2) is 46.4 Å². The number of hydrogen-bond donors (Lipinski definition) is 1. The summed E-state index contributed by atoms with van der Waals surface area (Å²) in [5, 5.41) is 12.8. The van der Waals surface area contributed by atoms with Crippen molar-refractivity contribution >= 4 is 17.2 Å². The molecule has 0 fully saturated rings. The van der Waals surface area contributed by atoms with Crippen molar-refractivity contribution in [3.8, 4) is 28.7 Å². The van der Waals surface area contributed by atoms with E-state index in [9.17, 15) is 0 Å². The Morgan fingerprint density at radius 1 is 1.03 bits per heavy atom. The molecule has 0 atom stereocenters. The Morgan fingerprint density at radius 3 is 2.64 bits per heavy atom. The summed E-state index contributed by atoms with van der Waals surface area (Å²) in [6, 6.07) is 9.64. The number of aromatic nitrogens is 8. The van der Waals surface area contributed by atoms with Crippen LogP contribution in [0.1, 0.15) is 25.5 Å². The Morgan fingerprint density at radius 2 is 1.91 bits per heavy atom. The van der Waals surface area contributed by atoms with E-state index in [2.05, 4.69) is 34.1 Å². The highest BCUT2D eigenvalue weighted by Crippen LogP contribution is 2.32. The highest BCUT2D eigenvalue weighted by molar-refractivity contribution is 5.84. The van der Waals surface area contributed by atoms with Crippen molar-refractivity contribution in [1.29, 1.82) is 0 Å². The largest absolute Gasteiger partial charge is 0.481 e. The molecule has 0 saturated carbocycles. The number of rotatable bonds is 6. The number of methoxy groups -OCH3 is 1. The number of nitrogens with one attached hydrogen (secondary N) is 1. The van der Waals surface area contributed by atoms with Gasteiger partial charge in [-0.15, -0.1) is 5.10 Å². The van der Waals surface area contributed by atoms with E-state index in [1.54, 1.807) is 19.4 Å². The maximum atomic E-state index is 5.23. The number of anilines is 2. The van der Waals surface area contributed by atoms with E-state index in [-0.39, 0.29) is 6.04 Å². The van der Waals surface area contributed by atoms with Gasteiger partial charge < -0.3 is 10.1 Å². The van der Waals surface area contributed by atoms with Gasteiger partial charge in [-0.2, -0.15) is 5.10 Å². The Balaban J connectivity index is 1.69. The second kappa shape index (κ2) is 8.30. The molecule has 0 radical (unpaired) electrons. The van der Waals surface area contributed by atoms with E-state index in [0.717, 1.165) is 22.3 Å². The second-order valence-corrected chi connectivity index (χ2v) is 7.81. The van der Waals surface area contributed by atoms with Gasteiger partial charge in [-0.05, 0) is 44.5 Å². The van der Waals surface area contributed by atoms with E-state index in [1.165, 1.54) is 6.33 Å². The zero-order chi connectivity index (χ0) is 22.9. The molecule has 10 nitrogen and oxygen atoms in total. The van der Waals surface area contributed by atoms with Crippen LogP contribution in [0.4, 0.5) is 11.6 Å². The second-order valence-electron chi connectivity index (χ2n) is 7.81. The summed E-state index contributed by atoms with van der Waals surface area (Å²) >= 11 is 0. The summed E-state index contributed by atoms with van der Waals surface area (Å²) in [6.07, 6.45) is 7.11. The quantitative estimate of drug-likeness (QED) is 0.420. The van der Waals surface area contributed by atoms with Crippen molar-refractivity contribution < 1.29 is 4.74 Å². The van der Waals surface area contributed by atoms with Gasteiger partial charge in [0.25, 0.3) is 0 Å². The standard InChI is InChI=1S/C23H23N9O/c1-14(2)31-10-8-17(29-31)16-12-32-21(15(16)3)23(27-19-11-20(33-4)26-13-25-19)28-22(30-32)18-7-5-6-9-24-18/h5-14H,1-4H3,(H,25,26,27,28,30). The third kappa shape index (κ3) is 3.86. The highest BCUT2D eigenvalue weighted by atomic mass is 16.5. The maximum absolute atomic E-state index is 5.23. The lowest BCUT2D eigenvalue weighted by Gasteiger charge is -2.10. The van der Waals surface area contributed by atoms with Crippen LogP contribution >= 0.6 is 0 Å². The number of pyridine rings is 1. The summed E-state index contributed by atoms with van der Waals surface area (Å²) in [6.45, 7) is 6.24. The van der Waals surface area contributed by atoms with Gasteiger partial charge in [-0.3, -0.25) is 9.67 Å². The molecule has 0 aromatic carbocycles. The van der Waals surface area contributed by atoms with E-state index >= 15 is 0 Å². The summed E-state index contributed by atoms with van der Waals surface area (Å²) < 4.78 is 8.99. The first-order valence-electron chi connectivity index (χ1n) is 10.5. The van der Waals surface area contributed by atoms with Crippen LogP contribution in [0, 0.1) is 6.92 Å². The molecule has 10 heteroatoms. The Hall–Kier alpha value is -4.34. The molecule has 0 saturated heterocycles. The van der Waals surface area contributed by atoms with Gasteiger partial charge in [-0.1, -0.05) is 6.07 Å². The minimum Gasteiger partial charge on any atom is -0.481 e. The molecular formula is C23H23N9O. The monoisotopic (exact) mass is 441 g/mol. The molecule has 1 N–H and O–H groups in total. The average molecular weight is 441 g/mol. The van der Waals surface area contributed by atoms with E-state index < -0.39 is 0 Å². The minimum atomic E-state index is 0.275. The van der Waals surface area contributed by atoms with E-state index in [0.29, 0.717) is 29.0 Å².